The van der Waals surface area contributed by atoms with Crippen LogP contribution in [0.2, 0.25) is 0 Å². The van der Waals surface area contributed by atoms with Gasteiger partial charge in [-0.05, 0) is 47.4 Å². The largest absolute Gasteiger partial charge is 0.269 e. The molecule has 4 rings (SSSR count). The molecule has 6 nitrogen and oxygen atoms in total. The minimum Gasteiger partial charge on any atom is -0.268 e. The molecule has 0 saturated carbocycles. The summed E-state index contributed by atoms with van der Waals surface area (Å²) >= 11 is 0. The van der Waals surface area contributed by atoms with Gasteiger partial charge in [0.1, 0.15) is 5.82 Å². The Hall–Kier alpha value is -4.06. The lowest BCUT2D eigenvalue weighted by Gasteiger charge is -2.11. The van der Waals surface area contributed by atoms with E-state index in [9.17, 15) is 14.9 Å². The van der Waals surface area contributed by atoms with Crippen LogP contribution >= 0.6 is 0 Å². The van der Waals surface area contributed by atoms with Crippen LogP contribution in [0, 0.1) is 10.1 Å². The second-order valence-electron chi connectivity index (χ2n) is 7.56. The molecule has 4 aromatic rings. The summed E-state index contributed by atoms with van der Waals surface area (Å²) < 4.78 is 1.48. The fourth-order valence-electron chi connectivity index (χ4n) is 3.40. The first kappa shape index (κ1) is 20.2. The van der Waals surface area contributed by atoms with E-state index in [0.717, 1.165) is 5.56 Å². The summed E-state index contributed by atoms with van der Waals surface area (Å²) in [5.41, 5.74) is 3.09. The van der Waals surface area contributed by atoms with Gasteiger partial charge in [-0.2, -0.15) is 0 Å². The van der Waals surface area contributed by atoms with Crippen molar-refractivity contribution in [2.24, 2.45) is 0 Å². The number of non-ortho nitro benzene ring substituents is 1. The normalized spacial score (nSPS) is 11.5. The molecule has 31 heavy (non-hydrogen) atoms. The van der Waals surface area contributed by atoms with Crippen LogP contribution in [0.5, 0.6) is 0 Å². The molecule has 0 radical (unpaired) electrons. The van der Waals surface area contributed by atoms with Gasteiger partial charge < -0.3 is 0 Å². The van der Waals surface area contributed by atoms with Crippen molar-refractivity contribution in [1.82, 2.24) is 9.55 Å². The van der Waals surface area contributed by atoms with Gasteiger partial charge in [0.2, 0.25) is 0 Å². The van der Waals surface area contributed by atoms with Crippen molar-refractivity contribution in [3.05, 3.63) is 110 Å². The van der Waals surface area contributed by atoms with Crippen molar-refractivity contribution in [3.8, 4) is 5.69 Å². The predicted octanol–water partition coefficient (Wildman–Crippen LogP) is 5.59. The van der Waals surface area contributed by atoms with Gasteiger partial charge in [-0.1, -0.05) is 56.3 Å². The van der Waals surface area contributed by atoms with E-state index in [1.165, 1.54) is 22.3 Å². The molecule has 0 aliphatic carbocycles. The monoisotopic (exact) mass is 411 g/mol. The van der Waals surface area contributed by atoms with Crippen molar-refractivity contribution in [2.75, 3.05) is 0 Å². The third-order valence-corrected chi connectivity index (χ3v) is 5.15. The molecule has 0 spiro atoms. The molecule has 6 heteroatoms. The minimum atomic E-state index is -0.465. The smallest absolute Gasteiger partial charge is 0.268 e. The first-order valence-electron chi connectivity index (χ1n) is 9.99. The molecule has 0 amide bonds. The number of hydrogen-bond acceptors (Lipinski definition) is 4. The number of aromatic nitrogens is 2. The molecule has 0 bridgehead atoms. The molecule has 0 saturated heterocycles. The Bertz CT molecular complexity index is 1340. The van der Waals surface area contributed by atoms with Gasteiger partial charge >= 0.3 is 0 Å². The summed E-state index contributed by atoms with van der Waals surface area (Å²) in [4.78, 5) is 28.5. The number of rotatable bonds is 5. The van der Waals surface area contributed by atoms with Crippen LogP contribution in [-0.4, -0.2) is 14.5 Å². The van der Waals surface area contributed by atoms with E-state index in [1.807, 2.05) is 24.3 Å². The highest BCUT2D eigenvalue weighted by molar-refractivity contribution is 5.80. The SMILES string of the molecule is CC(C)c1ccc(/C=C/c2nc3ccccc3c(=O)n2-c2ccc([N+](=O)[O-])cc2)cc1. The molecule has 1 aromatic heterocycles. The van der Waals surface area contributed by atoms with E-state index in [0.29, 0.717) is 28.3 Å². The van der Waals surface area contributed by atoms with Crippen LogP contribution in [0.3, 0.4) is 0 Å². The Morgan fingerprint density at radius 1 is 0.935 bits per heavy atom. The first-order chi connectivity index (χ1) is 14.9. The fourth-order valence-corrected chi connectivity index (χ4v) is 3.40. The molecule has 0 atom stereocenters. The highest BCUT2D eigenvalue weighted by atomic mass is 16.6. The van der Waals surface area contributed by atoms with Gasteiger partial charge in [0.05, 0.1) is 21.5 Å². The molecule has 154 valence electrons. The average Bonchev–Trinajstić information content (AvgIpc) is 2.78. The Labute approximate surface area is 179 Å². The maximum Gasteiger partial charge on any atom is 0.269 e. The van der Waals surface area contributed by atoms with Crippen molar-refractivity contribution in [1.29, 1.82) is 0 Å². The highest BCUT2D eigenvalue weighted by Gasteiger charge is 2.12. The van der Waals surface area contributed by atoms with E-state index in [2.05, 4.69) is 31.0 Å². The van der Waals surface area contributed by atoms with Gasteiger partial charge in [-0.15, -0.1) is 0 Å². The number of hydrogen-bond donors (Lipinski definition) is 0. The number of nitro benzene ring substituents is 1. The number of benzene rings is 3. The molecule has 3 aromatic carbocycles. The summed E-state index contributed by atoms with van der Waals surface area (Å²) in [5.74, 6) is 0.901. The Morgan fingerprint density at radius 3 is 2.26 bits per heavy atom. The van der Waals surface area contributed by atoms with E-state index in [-0.39, 0.29) is 11.2 Å². The van der Waals surface area contributed by atoms with Gasteiger partial charge in [-0.3, -0.25) is 19.5 Å². The number of para-hydroxylation sites is 1. The van der Waals surface area contributed by atoms with E-state index in [4.69, 9.17) is 0 Å². The second-order valence-corrected chi connectivity index (χ2v) is 7.56. The third-order valence-electron chi connectivity index (χ3n) is 5.15. The summed E-state index contributed by atoms with van der Waals surface area (Å²) in [6, 6.07) is 21.3. The molecule has 0 aliphatic heterocycles. The Balaban J connectivity index is 1.84. The molecule has 1 heterocycles. The quantitative estimate of drug-likeness (QED) is 0.317. The lowest BCUT2D eigenvalue weighted by atomic mass is 10.0. The molecular weight excluding hydrogens is 390 g/mol. The molecular formula is C25H21N3O3. The van der Waals surface area contributed by atoms with Crippen LogP contribution in [0.1, 0.15) is 36.7 Å². The van der Waals surface area contributed by atoms with Crippen LogP contribution < -0.4 is 5.56 Å². The topological polar surface area (TPSA) is 78.0 Å². The molecule has 0 aliphatic rings. The lowest BCUT2D eigenvalue weighted by molar-refractivity contribution is -0.384. The molecule has 0 fully saturated rings. The van der Waals surface area contributed by atoms with Gasteiger partial charge in [-0.25, -0.2) is 4.98 Å². The van der Waals surface area contributed by atoms with Crippen LogP contribution in [0.4, 0.5) is 5.69 Å². The zero-order valence-electron chi connectivity index (χ0n) is 17.2. The van der Waals surface area contributed by atoms with E-state index < -0.39 is 4.92 Å². The highest BCUT2D eigenvalue weighted by Crippen LogP contribution is 2.19. The fraction of sp³-hybridized carbons (Fsp3) is 0.120. The predicted molar refractivity (Wildman–Crippen MR) is 123 cm³/mol. The van der Waals surface area contributed by atoms with Crippen molar-refractivity contribution in [2.45, 2.75) is 19.8 Å². The number of nitrogens with zero attached hydrogens (tertiary/aromatic N) is 3. The standard InChI is InChI=1S/C25H21N3O3/c1-17(2)19-10-7-18(8-11-19)9-16-24-26-23-6-4-3-5-22(23)25(29)27(24)20-12-14-21(15-13-20)28(30)31/h3-17H,1-2H3/b16-9+. The summed E-state index contributed by atoms with van der Waals surface area (Å²) in [6.07, 6.45) is 3.70. The van der Waals surface area contributed by atoms with E-state index >= 15 is 0 Å². The summed E-state index contributed by atoms with van der Waals surface area (Å²) in [6.45, 7) is 4.29. The zero-order chi connectivity index (χ0) is 22.0. The van der Waals surface area contributed by atoms with Crippen molar-refractivity contribution in [3.63, 3.8) is 0 Å². The minimum absolute atomic E-state index is 0.0344. The molecule has 0 unspecified atom stereocenters. The zero-order valence-corrected chi connectivity index (χ0v) is 17.2. The van der Waals surface area contributed by atoms with Crippen LogP contribution in [0.25, 0.3) is 28.7 Å². The van der Waals surface area contributed by atoms with Crippen LogP contribution in [-0.2, 0) is 0 Å². The van der Waals surface area contributed by atoms with Gasteiger partial charge in [0, 0.05) is 12.1 Å². The first-order valence-corrected chi connectivity index (χ1v) is 9.99. The van der Waals surface area contributed by atoms with Crippen molar-refractivity contribution < 1.29 is 4.92 Å². The van der Waals surface area contributed by atoms with Crippen molar-refractivity contribution >= 4 is 28.7 Å². The number of fused-ring (bicyclic) bond motifs is 1. The molecule has 0 N–H and O–H groups in total. The summed E-state index contributed by atoms with van der Waals surface area (Å²) in [7, 11) is 0. The second kappa shape index (κ2) is 8.36. The third kappa shape index (κ3) is 4.14. The maximum atomic E-state index is 13.3. The Kier molecular flexibility index (Phi) is 5.45. The van der Waals surface area contributed by atoms with Gasteiger partial charge in [0.15, 0.2) is 0 Å². The lowest BCUT2D eigenvalue weighted by Crippen LogP contribution is -2.22. The Morgan fingerprint density at radius 2 is 1.61 bits per heavy atom. The number of nitro groups is 1. The van der Waals surface area contributed by atoms with E-state index in [1.54, 1.807) is 36.4 Å². The summed E-state index contributed by atoms with van der Waals surface area (Å²) in [5, 5.41) is 11.5. The maximum absolute atomic E-state index is 13.3. The van der Waals surface area contributed by atoms with Gasteiger partial charge in [0.25, 0.3) is 11.2 Å². The average molecular weight is 411 g/mol. The van der Waals surface area contributed by atoms with Crippen LogP contribution in [0.15, 0.2) is 77.6 Å².